The molecule has 51 heteroatoms. The number of aliphatic hydroxyl groups is 3. The van der Waals surface area contributed by atoms with Crippen LogP contribution in [-0.2, 0) is 120 Å². The van der Waals surface area contributed by atoms with Crippen LogP contribution in [0.25, 0.3) is 0 Å². The molecule has 35 N–H and O–H groups in total. The Morgan fingerprint density at radius 1 is 0.322 bits per heavy atom. The van der Waals surface area contributed by atoms with Crippen molar-refractivity contribution >= 4 is 124 Å². The molecule has 51 nitrogen and oxygen atoms in total. The molecule has 0 saturated carbocycles. The van der Waals surface area contributed by atoms with E-state index >= 15 is 0 Å². The van der Waals surface area contributed by atoms with Gasteiger partial charge in [0.1, 0.15) is 96.1 Å². The molecular weight excluding hydrogens is 1910 g/mol. The van der Waals surface area contributed by atoms with Crippen molar-refractivity contribution in [2.45, 2.75) is 275 Å². The summed E-state index contributed by atoms with van der Waals surface area (Å²) in [5.41, 5.74) is 29.9. The van der Waals surface area contributed by atoms with Crippen LogP contribution in [0.5, 0.6) is 11.5 Å². The van der Waals surface area contributed by atoms with E-state index in [0.29, 0.717) is 61.8 Å². The minimum absolute atomic E-state index is 0.0112. The molecular formula is C95H150N24O27. The zero-order chi connectivity index (χ0) is 110. The van der Waals surface area contributed by atoms with Gasteiger partial charge < -0.3 is 160 Å². The summed E-state index contributed by atoms with van der Waals surface area (Å²) >= 11 is 0. The SMILES string of the molecule is CC[C@H](C)[C@H](NC(=O)CNC(=O)[C@H](C)NC(=O)[C@H](Cc1ccc(O)cc1)NC(=O)CNC(=O)CNC(=O)[C@H](Cc1ccc(O)cc1)NC(=O)[C@H](CCCCN)NC(=O)[C@@H](N)CCCCN)C(=O)N[C@@H](CO)C(=O)N[C@@H](CC(N)=O)C(=O)N[C@@H](CO)C(=O)N[C@@H](Cc1ccccc1)C(=O)N[C@@H](C)C(=O)N[C@H](C(=O)N[C@@H](CC(C)C)C(=O)N[C@H](C(=O)N[C@@H](CCCCN)C(=O)NCC(=O)N[C@H](C(=O)O)[C@@H](C)O)C(C)C)C(C)C. The monoisotopic (exact) mass is 2060 g/mol. The lowest BCUT2D eigenvalue weighted by Gasteiger charge is -2.30. The van der Waals surface area contributed by atoms with Gasteiger partial charge in [-0.2, -0.15) is 0 Å². The van der Waals surface area contributed by atoms with Gasteiger partial charge >= 0.3 is 5.97 Å². The van der Waals surface area contributed by atoms with Gasteiger partial charge in [-0.25, -0.2) is 4.79 Å². The molecule has 0 spiro atoms. The van der Waals surface area contributed by atoms with E-state index in [1.54, 1.807) is 78.8 Å². The second kappa shape index (κ2) is 66.0. The maximum Gasteiger partial charge on any atom is 0.328 e. The number of carboxylic acid groups (broad SMARTS) is 1. The Bertz CT molecular complexity index is 4830. The van der Waals surface area contributed by atoms with Gasteiger partial charge in [-0.3, -0.25) is 95.9 Å². The number of unbranched alkanes of at least 4 members (excludes halogenated alkanes) is 3. The first-order chi connectivity index (χ1) is 68.9. The normalized spacial score (nSPS) is 14.9. The Kier molecular flexibility index (Phi) is 57.0. The number of phenolic OH excluding ortho intramolecular Hbond substituents is 2. The number of phenols is 2. The minimum atomic E-state index is -2.03. The molecule has 20 amide bonds. The van der Waals surface area contributed by atoms with Crippen LogP contribution in [0.3, 0.4) is 0 Å². The maximum atomic E-state index is 14.4. The molecule has 3 aromatic carbocycles. The summed E-state index contributed by atoms with van der Waals surface area (Å²) in [5.74, 6) is -23.9. The number of nitrogens with two attached hydrogens (primary N) is 5. The highest BCUT2D eigenvalue weighted by molar-refractivity contribution is 6.02. The Morgan fingerprint density at radius 3 is 1.10 bits per heavy atom. The highest BCUT2D eigenvalue weighted by Gasteiger charge is 2.40. The number of benzene rings is 3. The zero-order valence-corrected chi connectivity index (χ0v) is 84.2. The molecule has 0 unspecified atom stereocenters. The highest BCUT2D eigenvalue weighted by Crippen LogP contribution is 2.19. The first kappa shape index (κ1) is 126. The molecule has 0 bridgehead atoms. The maximum absolute atomic E-state index is 14.4. The van der Waals surface area contributed by atoms with Crippen LogP contribution in [0.1, 0.15) is 170 Å². The minimum Gasteiger partial charge on any atom is -0.508 e. The standard InChI is InChI=1S/C95H150N24O27/c1-12-52(8)78(116-74(128)45-102-80(130)53(9)105-86(136)66(41-58-29-33-60(124)34-30-58)107-73(127)44-101-72(126)43-103-84(134)65(40-57-27-31-59(123)32-28-57)110-85(135)63(26-18-21-37-98)108-82(132)61(99)24-16-19-35-96)94(144)115-70(48-121)91(141)112-68(42-71(100)125)88(138)114-69(47-120)90(140)111-67(39-56-22-14-13-15-23-56)87(137)106-54(10)81(131)118-76(50(4)5)93(143)113-64(38-49(2)3)89(139)119-77(51(6)7)92(142)109-62(25-17-20-36-97)83(133)104-46-75(129)117-79(55(11)122)95(145)146/h13-15,22-23,27-34,49-55,61-70,76-79,120-124H,12,16-21,24-26,35-48,96-99H2,1-11H3,(H2,100,125)(H,101,126)(H,102,130)(H,103,134)(H,104,133)(H,105,136)(H,106,137)(H,107,127)(H,108,132)(H,109,142)(H,110,135)(H,111,140)(H,112,141)(H,113,143)(H,114,138)(H,115,144)(H,116,128)(H,117,129)(H,118,131)(H,119,139)(H,145,146)/t52-,53-,54-,55+,61-,62-,63-,64-,65-,66-,67-,68-,69-,70-,76-,77-,78-,79-/m0/s1. The Balaban J connectivity index is 1.73. The van der Waals surface area contributed by atoms with Gasteiger partial charge in [0.15, 0.2) is 6.04 Å². The first-order valence-electron chi connectivity index (χ1n) is 48.4. The van der Waals surface area contributed by atoms with Gasteiger partial charge in [0.2, 0.25) is 118 Å². The number of hydrogen-bond donors (Lipinski definition) is 30. The number of carbonyl (C=O) groups is 21. The molecule has 0 aliphatic rings. The molecule has 3 aromatic rings. The van der Waals surface area contributed by atoms with Gasteiger partial charge in [0, 0.05) is 19.3 Å². The van der Waals surface area contributed by atoms with Crippen molar-refractivity contribution < 1.29 is 131 Å². The van der Waals surface area contributed by atoms with E-state index in [0.717, 1.165) is 6.92 Å². The van der Waals surface area contributed by atoms with Gasteiger partial charge in [-0.05, 0) is 163 Å². The molecule has 146 heavy (non-hydrogen) atoms. The number of rotatable bonds is 68. The fraction of sp³-hybridized carbons (Fsp3) is 0.589. The summed E-state index contributed by atoms with van der Waals surface area (Å²) in [6, 6.07) is -5.09. The summed E-state index contributed by atoms with van der Waals surface area (Å²) in [7, 11) is 0. The van der Waals surface area contributed by atoms with Gasteiger partial charge in [-0.15, -0.1) is 0 Å². The summed E-state index contributed by atoms with van der Waals surface area (Å²) in [4.78, 5) is 287. The van der Waals surface area contributed by atoms with E-state index in [2.05, 4.69) is 101 Å². The molecule has 0 fully saturated rings. The van der Waals surface area contributed by atoms with Crippen molar-refractivity contribution in [1.29, 1.82) is 0 Å². The van der Waals surface area contributed by atoms with Crippen molar-refractivity contribution in [3.63, 3.8) is 0 Å². The Labute approximate surface area is 846 Å². The van der Waals surface area contributed by atoms with Crippen LogP contribution in [0.4, 0.5) is 0 Å². The molecule has 0 radical (unpaired) electrons. The van der Waals surface area contributed by atoms with Gasteiger partial charge in [0.05, 0.1) is 58.0 Å². The summed E-state index contributed by atoms with van der Waals surface area (Å²) < 4.78 is 0. The molecule has 0 aliphatic heterocycles. The Morgan fingerprint density at radius 2 is 0.658 bits per heavy atom. The zero-order valence-electron chi connectivity index (χ0n) is 84.2. The molecule has 18 atom stereocenters. The number of aromatic hydroxyl groups is 2. The van der Waals surface area contributed by atoms with E-state index in [9.17, 15) is 131 Å². The highest BCUT2D eigenvalue weighted by atomic mass is 16.4. The van der Waals surface area contributed by atoms with Crippen molar-refractivity contribution in [2.24, 2.45) is 52.3 Å². The van der Waals surface area contributed by atoms with Crippen molar-refractivity contribution in [2.75, 3.05) is 59.0 Å². The Hall–Kier alpha value is -14.1. The average Bonchev–Trinajstić information content (AvgIpc) is 0.886. The molecule has 0 aliphatic carbocycles. The average molecular weight is 2060 g/mol. The number of aliphatic hydroxyl groups excluding tert-OH is 3. The predicted octanol–water partition coefficient (Wildman–Crippen LogP) is -8.65. The number of primary amides is 1. The van der Waals surface area contributed by atoms with E-state index in [1.165, 1.54) is 69.3 Å². The predicted molar refractivity (Wildman–Crippen MR) is 529 cm³/mol. The number of nitrogens with one attached hydrogen (secondary N) is 19. The van der Waals surface area contributed by atoms with Gasteiger partial charge in [0.25, 0.3) is 0 Å². The summed E-state index contributed by atoms with van der Waals surface area (Å²) in [5, 5.41) is 106. The fourth-order valence-corrected chi connectivity index (χ4v) is 14.3. The summed E-state index contributed by atoms with van der Waals surface area (Å²) in [6.07, 6.45) is 0.154. The second-order valence-electron chi connectivity index (χ2n) is 36.6. The first-order valence-corrected chi connectivity index (χ1v) is 48.4. The van der Waals surface area contributed by atoms with Crippen molar-refractivity contribution in [3.8, 4) is 11.5 Å². The van der Waals surface area contributed by atoms with Crippen LogP contribution >= 0.6 is 0 Å². The number of carboxylic acids is 1. The van der Waals surface area contributed by atoms with E-state index < -0.39 is 290 Å². The smallest absolute Gasteiger partial charge is 0.328 e. The lowest BCUT2D eigenvalue weighted by atomic mass is 9.98. The van der Waals surface area contributed by atoms with Crippen molar-refractivity contribution in [1.82, 2.24) is 101 Å². The number of aliphatic carboxylic acids is 1. The lowest BCUT2D eigenvalue weighted by Crippen LogP contribution is -2.62. The van der Waals surface area contributed by atoms with E-state index in [4.69, 9.17) is 28.7 Å². The lowest BCUT2D eigenvalue weighted by molar-refractivity contribution is -0.144. The number of carbonyl (C=O) groups excluding carboxylic acids is 20. The third-order valence-electron chi connectivity index (χ3n) is 23.0. The van der Waals surface area contributed by atoms with Crippen LogP contribution < -0.4 is 130 Å². The molecule has 3 rings (SSSR count). The largest absolute Gasteiger partial charge is 0.508 e. The fourth-order valence-electron chi connectivity index (χ4n) is 14.3. The number of hydrogen-bond acceptors (Lipinski definition) is 30. The van der Waals surface area contributed by atoms with Crippen LogP contribution in [0.15, 0.2) is 78.9 Å². The molecule has 0 saturated heterocycles. The van der Waals surface area contributed by atoms with Crippen LogP contribution in [-0.4, -0.2) is 317 Å². The molecule has 812 valence electrons. The molecule has 0 heterocycles. The second-order valence-corrected chi connectivity index (χ2v) is 36.6. The van der Waals surface area contributed by atoms with Crippen LogP contribution in [0.2, 0.25) is 0 Å². The van der Waals surface area contributed by atoms with Crippen molar-refractivity contribution in [3.05, 3.63) is 95.6 Å². The van der Waals surface area contributed by atoms with Crippen LogP contribution in [0, 0.1) is 23.7 Å². The number of amides is 20. The summed E-state index contributed by atoms with van der Waals surface area (Å²) in [6.45, 7) is 11.9. The van der Waals surface area contributed by atoms with E-state index in [1.807, 2.05) is 0 Å². The third kappa shape index (κ3) is 46.7. The topological polar surface area (TPSA) is 839 Å². The van der Waals surface area contributed by atoms with E-state index in [-0.39, 0.29) is 81.9 Å². The quantitative estimate of drug-likeness (QED) is 0.0233. The molecule has 0 aromatic heterocycles. The van der Waals surface area contributed by atoms with Gasteiger partial charge in [-0.1, -0.05) is 123 Å². The third-order valence-corrected chi connectivity index (χ3v) is 23.0.